The first-order valence-corrected chi connectivity index (χ1v) is 5.19. The van der Waals surface area contributed by atoms with Gasteiger partial charge in [-0.3, -0.25) is 4.98 Å². The number of hydrogen-bond acceptors (Lipinski definition) is 4. The fraction of sp³-hybridized carbons (Fsp3) is 0.455. The van der Waals surface area contributed by atoms with E-state index in [1.165, 1.54) is 0 Å². The van der Waals surface area contributed by atoms with Crippen molar-refractivity contribution in [3.63, 3.8) is 0 Å². The number of hydrogen-bond donors (Lipinski definition) is 0. The van der Waals surface area contributed by atoms with Gasteiger partial charge in [-0.25, -0.2) is 4.98 Å². The molecule has 0 radical (unpaired) electrons. The molecule has 2 aromatic heterocycles. The molecule has 0 saturated heterocycles. The van der Waals surface area contributed by atoms with E-state index in [4.69, 9.17) is 0 Å². The smallest absolute Gasteiger partial charge is 0.200 e. The van der Waals surface area contributed by atoms with E-state index in [1.807, 2.05) is 6.07 Å². The lowest BCUT2D eigenvalue weighted by molar-refractivity contribution is 0.579. The van der Waals surface area contributed by atoms with Gasteiger partial charge in [-0.1, -0.05) is 13.8 Å². The summed E-state index contributed by atoms with van der Waals surface area (Å²) in [5, 5.41) is 8.16. The van der Waals surface area contributed by atoms with Gasteiger partial charge in [0.1, 0.15) is 5.52 Å². The third kappa shape index (κ3) is 2.46. The number of aryl methyl sites for hydroxylation is 1. The zero-order valence-electron chi connectivity index (χ0n) is 9.01. The van der Waals surface area contributed by atoms with Gasteiger partial charge in [-0.2, -0.15) is 5.10 Å². The summed E-state index contributed by atoms with van der Waals surface area (Å²) >= 11 is 0. The Morgan fingerprint density at radius 2 is 1.93 bits per heavy atom. The second kappa shape index (κ2) is 4.29. The third-order valence-corrected chi connectivity index (χ3v) is 2.26. The number of aromatic nitrogens is 4. The zero-order valence-corrected chi connectivity index (χ0v) is 9.01. The van der Waals surface area contributed by atoms with Crippen molar-refractivity contribution < 1.29 is 0 Å². The van der Waals surface area contributed by atoms with Crippen LogP contribution in [0.25, 0.3) is 11.2 Å². The highest BCUT2D eigenvalue weighted by Gasteiger charge is 2.02. The summed E-state index contributed by atoms with van der Waals surface area (Å²) in [4.78, 5) is 8.29. The van der Waals surface area contributed by atoms with Crippen molar-refractivity contribution >= 4 is 11.2 Å². The van der Waals surface area contributed by atoms with E-state index in [9.17, 15) is 0 Å². The van der Waals surface area contributed by atoms with E-state index in [0.717, 1.165) is 24.1 Å². The molecule has 0 saturated carbocycles. The average molecular weight is 202 g/mol. The van der Waals surface area contributed by atoms with Crippen LogP contribution in [0.5, 0.6) is 0 Å². The van der Waals surface area contributed by atoms with Crippen LogP contribution in [0.1, 0.15) is 26.0 Å². The summed E-state index contributed by atoms with van der Waals surface area (Å²) in [6, 6.07) is 1.97. The van der Waals surface area contributed by atoms with Gasteiger partial charge in [0.05, 0.1) is 5.69 Å². The summed E-state index contributed by atoms with van der Waals surface area (Å²) in [5.74, 6) is 0.685. The van der Waals surface area contributed by atoms with E-state index >= 15 is 0 Å². The maximum atomic E-state index is 4.20. The largest absolute Gasteiger partial charge is 0.251 e. The lowest BCUT2D eigenvalue weighted by Gasteiger charge is -2.03. The number of fused-ring (bicyclic) bond motifs is 1. The molecule has 0 N–H and O–H groups in total. The Kier molecular flexibility index (Phi) is 2.85. The summed E-state index contributed by atoms with van der Waals surface area (Å²) in [6.07, 6.45) is 5.39. The van der Waals surface area contributed by atoms with E-state index in [1.54, 1.807) is 12.4 Å². The summed E-state index contributed by atoms with van der Waals surface area (Å²) in [5.41, 5.74) is 2.44. The summed E-state index contributed by atoms with van der Waals surface area (Å²) in [6.45, 7) is 4.41. The molecule has 78 valence electrons. The van der Waals surface area contributed by atoms with Crippen LogP contribution in [0.15, 0.2) is 18.5 Å². The highest BCUT2D eigenvalue weighted by atomic mass is 15.1. The molecule has 0 bridgehead atoms. The van der Waals surface area contributed by atoms with E-state index in [0.29, 0.717) is 11.6 Å². The van der Waals surface area contributed by atoms with Gasteiger partial charge in [0.2, 0.25) is 0 Å². The minimum absolute atomic E-state index is 0.616. The first-order chi connectivity index (χ1) is 7.25. The van der Waals surface area contributed by atoms with E-state index < -0.39 is 0 Å². The van der Waals surface area contributed by atoms with Crippen LogP contribution in [0.4, 0.5) is 0 Å². The fourth-order valence-electron chi connectivity index (χ4n) is 1.38. The van der Waals surface area contributed by atoms with E-state index in [2.05, 4.69) is 34.0 Å². The molecular weight excluding hydrogens is 188 g/mol. The van der Waals surface area contributed by atoms with Crippen LogP contribution in [0.3, 0.4) is 0 Å². The van der Waals surface area contributed by atoms with Crippen molar-refractivity contribution in [3.05, 3.63) is 24.2 Å². The molecule has 0 aliphatic heterocycles. The second-order valence-electron chi connectivity index (χ2n) is 4.03. The second-order valence-corrected chi connectivity index (χ2v) is 4.03. The van der Waals surface area contributed by atoms with Crippen LogP contribution >= 0.6 is 0 Å². The Morgan fingerprint density at radius 1 is 1.13 bits per heavy atom. The Bertz CT molecular complexity index is 453. The van der Waals surface area contributed by atoms with Crippen molar-refractivity contribution in [2.75, 3.05) is 0 Å². The van der Waals surface area contributed by atoms with Crippen LogP contribution in [0.2, 0.25) is 0 Å². The normalized spacial score (nSPS) is 11.1. The Hall–Kier alpha value is -1.58. The third-order valence-electron chi connectivity index (χ3n) is 2.26. The maximum Gasteiger partial charge on any atom is 0.200 e. The standard InChI is InChI=1S/C11H14N4/c1-8(2)3-4-9-7-10-11(15-14-9)13-6-5-12-10/h5-8H,3-4H2,1-2H3. The number of rotatable bonds is 3. The van der Waals surface area contributed by atoms with Crippen LogP contribution in [-0.2, 0) is 6.42 Å². The van der Waals surface area contributed by atoms with Crippen LogP contribution in [-0.4, -0.2) is 20.2 Å². The maximum absolute atomic E-state index is 4.20. The Balaban J connectivity index is 2.23. The monoisotopic (exact) mass is 202 g/mol. The fourth-order valence-corrected chi connectivity index (χ4v) is 1.38. The van der Waals surface area contributed by atoms with Crippen molar-refractivity contribution in [1.82, 2.24) is 20.2 Å². The molecule has 0 aromatic carbocycles. The topological polar surface area (TPSA) is 51.6 Å². The molecule has 0 aliphatic carbocycles. The zero-order chi connectivity index (χ0) is 10.7. The molecular formula is C11H14N4. The molecule has 0 fully saturated rings. The van der Waals surface area contributed by atoms with E-state index in [-0.39, 0.29) is 0 Å². The SMILES string of the molecule is CC(C)CCc1cc2nccnc2nn1. The first-order valence-electron chi connectivity index (χ1n) is 5.19. The molecule has 15 heavy (non-hydrogen) atoms. The van der Waals surface area contributed by atoms with Crippen LogP contribution < -0.4 is 0 Å². The van der Waals surface area contributed by atoms with Crippen molar-refractivity contribution in [3.8, 4) is 0 Å². The molecule has 2 rings (SSSR count). The molecule has 0 atom stereocenters. The molecule has 0 aliphatic rings. The van der Waals surface area contributed by atoms with Crippen molar-refractivity contribution in [2.24, 2.45) is 5.92 Å². The van der Waals surface area contributed by atoms with Gasteiger partial charge in [-0.05, 0) is 24.8 Å². The predicted molar refractivity (Wildman–Crippen MR) is 58.3 cm³/mol. The highest BCUT2D eigenvalue weighted by Crippen LogP contribution is 2.09. The molecule has 0 unspecified atom stereocenters. The minimum Gasteiger partial charge on any atom is -0.251 e. The first kappa shape index (κ1) is 9.96. The summed E-state index contributed by atoms with van der Waals surface area (Å²) < 4.78 is 0. The lowest BCUT2D eigenvalue weighted by Crippen LogP contribution is -1.98. The minimum atomic E-state index is 0.616. The molecule has 4 heteroatoms. The van der Waals surface area contributed by atoms with Gasteiger partial charge in [0.25, 0.3) is 0 Å². The van der Waals surface area contributed by atoms with Gasteiger partial charge >= 0.3 is 0 Å². The Morgan fingerprint density at radius 3 is 2.73 bits per heavy atom. The molecule has 0 spiro atoms. The predicted octanol–water partition coefficient (Wildman–Crippen LogP) is 2.01. The van der Waals surface area contributed by atoms with Crippen LogP contribution in [0, 0.1) is 5.92 Å². The van der Waals surface area contributed by atoms with Crippen molar-refractivity contribution in [1.29, 1.82) is 0 Å². The quantitative estimate of drug-likeness (QED) is 0.764. The van der Waals surface area contributed by atoms with Gasteiger partial charge in [0.15, 0.2) is 5.65 Å². The van der Waals surface area contributed by atoms with Gasteiger partial charge in [-0.15, -0.1) is 5.10 Å². The molecule has 2 aromatic rings. The highest BCUT2D eigenvalue weighted by molar-refractivity contribution is 5.68. The lowest BCUT2D eigenvalue weighted by atomic mass is 10.1. The number of nitrogens with zero attached hydrogens (tertiary/aromatic N) is 4. The molecule has 0 amide bonds. The molecule has 4 nitrogen and oxygen atoms in total. The average Bonchev–Trinajstić information content (AvgIpc) is 2.26. The van der Waals surface area contributed by atoms with Gasteiger partial charge < -0.3 is 0 Å². The summed E-state index contributed by atoms with van der Waals surface area (Å²) in [7, 11) is 0. The molecule has 2 heterocycles. The van der Waals surface area contributed by atoms with Crippen molar-refractivity contribution in [2.45, 2.75) is 26.7 Å². The Labute approximate surface area is 88.8 Å². The van der Waals surface area contributed by atoms with Gasteiger partial charge in [0, 0.05) is 12.4 Å².